The summed E-state index contributed by atoms with van der Waals surface area (Å²) in [5, 5.41) is 29.8. The molecule has 2 aliphatic carbocycles. The Labute approximate surface area is 167 Å². The zero-order valence-corrected chi connectivity index (χ0v) is 16.8. The molecule has 3 rings (SSSR count). The van der Waals surface area contributed by atoms with Crippen molar-refractivity contribution in [3.63, 3.8) is 0 Å². The highest BCUT2D eigenvalue weighted by molar-refractivity contribution is 5.68. The lowest BCUT2D eigenvalue weighted by atomic mass is 9.73. The van der Waals surface area contributed by atoms with E-state index in [1.54, 1.807) is 0 Å². The molecule has 5 atom stereocenters. The largest absolute Gasteiger partial charge is 0.482 e. The summed E-state index contributed by atoms with van der Waals surface area (Å²) in [4.78, 5) is 10.8. The zero-order valence-electron chi connectivity index (χ0n) is 16.8. The second-order valence-corrected chi connectivity index (χ2v) is 8.60. The van der Waals surface area contributed by atoms with Crippen LogP contribution in [-0.4, -0.2) is 40.1 Å². The maximum Gasteiger partial charge on any atom is 0.341 e. The van der Waals surface area contributed by atoms with Crippen molar-refractivity contribution in [2.45, 2.75) is 76.9 Å². The highest BCUT2D eigenvalue weighted by Crippen LogP contribution is 2.48. The van der Waals surface area contributed by atoms with Gasteiger partial charge in [0.1, 0.15) is 5.75 Å². The van der Waals surface area contributed by atoms with E-state index in [-0.39, 0.29) is 24.7 Å². The Morgan fingerprint density at radius 2 is 2.07 bits per heavy atom. The summed E-state index contributed by atoms with van der Waals surface area (Å²) in [6.45, 7) is 1.84. The summed E-state index contributed by atoms with van der Waals surface area (Å²) in [5.74, 6) is 0.768. The minimum atomic E-state index is -0.972. The third-order valence-corrected chi connectivity index (χ3v) is 6.67. The van der Waals surface area contributed by atoms with Gasteiger partial charge in [0, 0.05) is 0 Å². The molecular formula is C23H34O5. The lowest BCUT2D eigenvalue weighted by Crippen LogP contribution is -2.28. The second kappa shape index (κ2) is 9.75. The average molecular weight is 391 g/mol. The molecule has 1 saturated carbocycles. The molecule has 5 heteroatoms. The quantitative estimate of drug-likeness (QED) is 0.532. The molecule has 1 aromatic rings. The monoisotopic (exact) mass is 390 g/mol. The van der Waals surface area contributed by atoms with E-state index in [1.165, 1.54) is 5.56 Å². The van der Waals surface area contributed by atoms with E-state index < -0.39 is 5.97 Å². The van der Waals surface area contributed by atoms with Crippen LogP contribution in [0, 0.1) is 17.8 Å². The number of fused-ring (bicyclic) bond motifs is 2. The number of aliphatic hydroxyl groups is 2. The third kappa shape index (κ3) is 5.06. The molecule has 0 radical (unpaired) electrons. The molecule has 5 nitrogen and oxygen atoms in total. The van der Waals surface area contributed by atoms with Crippen LogP contribution in [0.1, 0.15) is 63.0 Å². The number of carboxylic acid groups (broad SMARTS) is 1. The topological polar surface area (TPSA) is 87.0 Å². The molecule has 1 aromatic carbocycles. The number of ether oxygens (including phenoxy) is 1. The van der Waals surface area contributed by atoms with Gasteiger partial charge in [0.25, 0.3) is 0 Å². The van der Waals surface area contributed by atoms with Crippen molar-refractivity contribution in [2.24, 2.45) is 17.8 Å². The third-order valence-electron chi connectivity index (χ3n) is 6.67. The molecular weight excluding hydrogens is 356 g/mol. The molecule has 0 heterocycles. The fourth-order valence-electron chi connectivity index (χ4n) is 5.24. The number of rotatable bonds is 10. The standard InChI is InChI=1S/C23H34O5/c1-2-3-4-7-17(24)9-10-18-19-11-15-6-5-8-22(28-14-23(26)27)20(15)12-16(19)13-21(18)25/h5-6,8,16-19,21,24-25H,2-4,7,9-14H2,1H3,(H,26,27)/t16-,17?,18?,19-,21?/m1/s1. The number of carbonyl (C=O) groups is 1. The summed E-state index contributed by atoms with van der Waals surface area (Å²) >= 11 is 0. The van der Waals surface area contributed by atoms with Gasteiger partial charge in [-0.05, 0) is 73.5 Å². The minimum absolute atomic E-state index is 0.238. The van der Waals surface area contributed by atoms with Crippen LogP contribution >= 0.6 is 0 Å². The van der Waals surface area contributed by atoms with Crippen LogP contribution in [0.25, 0.3) is 0 Å². The lowest BCUT2D eigenvalue weighted by molar-refractivity contribution is -0.139. The van der Waals surface area contributed by atoms with Crippen molar-refractivity contribution >= 4 is 5.97 Å². The van der Waals surface area contributed by atoms with Crippen molar-refractivity contribution in [3.8, 4) is 5.75 Å². The van der Waals surface area contributed by atoms with E-state index in [2.05, 4.69) is 13.0 Å². The Balaban J connectivity index is 1.62. The van der Waals surface area contributed by atoms with E-state index >= 15 is 0 Å². The number of benzene rings is 1. The highest BCUT2D eigenvalue weighted by Gasteiger charge is 2.44. The first-order valence-electron chi connectivity index (χ1n) is 10.8. The Bertz CT molecular complexity index is 658. The second-order valence-electron chi connectivity index (χ2n) is 8.60. The normalized spacial score (nSPS) is 27.1. The van der Waals surface area contributed by atoms with Crippen LogP contribution in [0.5, 0.6) is 5.75 Å². The summed E-state index contributed by atoms with van der Waals surface area (Å²) in [5.41, 5.74) is 2.32. The maximum absolute atomic E-state index is 10.8. The first-order valence-corrected chi connectivity index (χ1v) is 10.8. The molecule has 28 heavy (non-hydrogen) atoms. The summed E-state index contributed by atoms with van der Waals surface area (Å²) in [6.07, 6.45) is 7.85. The van der Waals surface area contributed by atoms with Gasteiger partial charge in [0.05, 0.1) is 12.2 Å². The molecule has 3 N–H and O–H groups in total. The van der Waals surface area contributed by atoms with Crippen LogP contribution in [-0.2, 0) is 17.6 Å². The van der Waals surface area contributed by atoms with Crippen molar-refractivity contribution < 1.29 is 24.9 Å². The number of carboxylic acids is 1. The van der Waals surface area contributed by atoms with Crippen molar-refractivity contribution in [2.75, 3.05) is 6.61 Å². The van der Waals surface area contributed by atoms with Gasteiger partial charge in [-0.1, -0.05) is 38.3 Å². The molecule has 2 aliphatic rings. The van der Waals surface area contributed by atoms with Crippen LogP contribution in [0.15, 0.2) is 18.2 Å². The number of unbranched alkanes of at least 4 members (excludes halogenated alkanes) is 2. The van der Waals surface area contributed by atoms with Gasteiger partial charge < -0.3 is 20.1 Å². The smallest absolute Gasteiger partial charge is 0.341 e. The average Bonchev–Trinajstić information content (AvgIpc) is 2.97. The van der Waals surface area contributed by atoms with Gasteiger partial charge in [-0.2, -0.15) is 0 Å². The Kier molecular flexibility index (Phi) is 7.36. The van der Waals surface area contributed by atoms with E-state index in [4.69, 9.17) is 9.84 Å². The van der Waals surface area contributed by atoms with Crippen LogP contribution < -0.4 is 4.74 Å². The van der Waals surface area contributed by atoms with Crippen molar-refractivity contribution in [3.05, 3.63) is 29.3 Å². The molecule has 0 saturated heterocycles. The van der Waals surface area contributed by atoms with Crippen molar-refractivity contribution in [1.29, 1.82) is 0 Å². The van der Waals surface area contributed by atoms with Gasteiger partial charge >= 0.3 is 5.97 Å². The highest BCUT2D eigenvalue weighted by atomic mass is 16.5. The lowest BCUT2D eigenvalue weighted by Gasteiger charge is -2.32. The first kappa shape index (κ1) is 21.1. The predicted molar refractivity (Wildman–Crippen MR) is 107 cm³/mol. The molecule has 0 aromatic heterocycles. The Morgan fingerprint density at radius 1 is 1.25 bits per heavy atom. The number of aliphatic carboxylic acids is 1. The van der Waals surface area contributed by atoms with Gasteiger partial charge in [-0.3, -0.25) is 0 Å². The van der Waals surface area contributed by atoms with Gasteiger partial charge in [-0.15, -0.1) is 0 Å². The summed E-state index contributed by atoms with van der Waals surface area (Å²) < 4.78 is 5.50. The number of aliphatic hydroxyl groups excluding tert-OH is 2. The van der Waals surface area contributed by atoms with Gasteiger partial charge in [-0.25, -0.2) is 4.79 Å². The van der Waals surface area contributed by atoms with E-state index in [1.807, 2.05) is 12.1 Å². The molecule has 3 unspecified atom stereocenters. The molecule has 0 bridgehead atoms. The van der Waals surface area contributed by atoms with E-state index in [0.717, 1.165) is 63.4 Å². The number of hydrogen-bond acceptors (Lipinski definition) is 4. The fourth-order valence-corrected chi connectivity index (χ4v) is 5.24. The maximum atomic E-state index is 10.8. The summed E-state index contributed by atoms with van der Waals surface area (Å²) in [7, 11) is 0. The van der Waals surface area contributed by atoms with E-state index in [9.17, 15) is 15.0 Å². The predicted octanol–water partition coefficient (Wildman–Crippen LogP) is 3.58. The Hall–Kier alpha value is -1.59. The van der Waals surface area contributed by atoms with Gasteiger partial charge in [0.2, 0.25) is 0 Å². The molecule has 1 fully saturated rings. The van der Waals surface area contributed by atoms with Crippen LogP contribution in [0.4, 0.5) is 0 Å². The van der Waals surface area contributed by atoms with E-state index in [0.29, 0.717) is 17.6 Å². The summed E-state index contributed by atoms with van der Waals surface area (Å²) in [6, 6.07) is 5.87. The van der Waals surface area contributed by atoms with Gasteiger partial charge in [0.15, 0.2) is 6.61 Å². The molecule has 0 aliphatic heterocycles. The van der Waals surface area contributed by atoms with Crippen LogP contribution in [0.3, 0.4) is 0 Å². The fraction of sp³-hybridized carbons (Fsp3) is 0.696. The molecule has 0 spiro atoms. The molecule has 156 valence electrons. The zero-order chi connectivity index (χ0) is 20.1. The molecule has 0 amide bonds. The van der Waals surface area contributed by atoms with Crippen LogP contribution in [0.2, 0.25) is 0 Å². The SMILES string of the molecule is CCCCCC(O)CCC1C(O)C[C@H]2Cc3c(cccc3OCC(=O)O)C[C@@H]12. The minimum Gasteiger partial charge on any atom is -0.482 e. The Morgan fingerprint density at radius 3 is 2.82 bits per heavy atom. The first-order chi connectivity index (χ1) is 13.5. The number of hydrogen-bond donors (Lipinski definition) is 3. The van der Waals surface area contributed by atoms with Crippen molar-refractivity contribution in [1.82, 2.24) is 0 Å².